The number of benzene rings is 1. The van der Waals surface area contributed by atoms with Gasteiger partial charge in [-0.3, -0.25) is 9.59 Å². The molecule has 0 radical (unpaired) electrons. The highest BCUT2D eigenvalue weighted by Crippen LogP contribution is 2.16. The highest BCUT2D eigenvalue weighted by atomic mass is 79.9. The Morgan fingerprint density at radius 3 is 2.75 bits per heavy atom. The van der Waals surface area contributed by atoms with Gasteiger partial charge < -0.3 is 15.0 Å². The average Bonchev–Trinajstić information content (AvgIpc) is 2.38. The summed E-state index contributed by atoms with van der Waals surface area (Å²) in [7, 11) is 2.97. The van der Waals surface area contributed by atoms with Gasteiger partial charge in [-0.25, -0.2) is 4.39 Å². The first kappa shape index (κ1) is 16.6. The fourth-order valence-corrected chi connectivity index (χ4v) is 1.84. The van der Waals surface area contributed by atoms with Gasteiger partial charge in [0, 0.05) is 25.2 Å². The third kappa shape index (κ3) is 4.90. The normalized spacial score (nSPS) is 10.2. The van der Waals surface area contributed by atoms with E-state index in [-0.39, 0.29) is 18.0 Å². The lowest BCUT2D eigenvalue weighted by molar-refractivity contribution is -0.121. The van der Waals surface area contributed by atoms with Crippen molar-refractivity contribution in [1.82, 2.24) is 10.2 Å². The molecule has 5 nitrogen and oxygen atoms in total. The lowest BCUT2D eigenvalue weighted by Gasteiger charge is -2.17. The van der Waals surface area contributed by atoms with Crippen LogP contribution in [-0.4, -0.2) is 50.6 Å². The molecular formula is C13H16BrFN2O3. The van der Waals surface area contributed by atoms with Crippen LogP contribution in [0.2, 0.25) is 0 Å². The molecule has 0 saturated carbocycles. The van der Waals surface area contributed by atoms with E-state index >= 15 is 0 Å². The van der Waals surface area contributed by atoms with Crippen LogP contribution in [0, 0.1) is 5.82 Å². The largest absolute Gasteiger partial charge is 0.383 e. The minimum Gasteiger partial charge on any atom is -0.383 e. The average molecular weight is 347 g/mol. The van der Waals surface area contributed by atoms with Gasteiger partial charge in [-0.15, -0.1) is 0 Å². The van der Waals surface area contributed by atoms with Gasteiger partial charge in [0.1, 0.15) is 5.82 Å². The third-order valence-corrected chi connectivity index (χ3v) is 3.01. The van der Waals surface area contributed by atoms with Crippen molar-refractivity contribution in [2.24, 2.45) is 0 Å². The molecule has 0 aromatic heterocycles. The van der Waals surface area contributed by atoms with Crippen molar-refractivity contribution in [3.8, 4) is 0 Å². The molecule has 0 aliphatic rings. The van der Waals surface area contributed by atoms with Gasteiger partial charge >= 0.3 is 0 Å². The fraction of sp³-hybridized carbons (Fsp3) is 0.385. The van der Waals surface area contributed by atoms with Crippen LogP contribution in [0.25, 0.3) is 0 Å². The summed E-state index contributed by atoms with van der Waals surface area (Å²) in [4.78, 5) is 24.7. The van der Waals surface area contributed by atoms with E-state index in [0.717, 1.165) is 4.90 Å². The number of amides is 2. The smallest absolute Gasteiger partial charge is 0.257 e. The molecule has 0 heterocycles. The van der Waals surface area contributed by atoms with Crippen molar-refractivity contribution < 1.29 is 18.7 Å². The first-order chi connectivity index (χ1) is 9.45. The van der Waals surface area contributed by atoms with E-state index in [0.29, 0.717) is 17.6 Å². The Bertz CT molecular complexity index is 497. The molecule has 2 amide bonds. The molecule has 0 aliphatic heterocycles. The number of ether oxygens (including phenoxy) is 1. The summed E-state index contributed by atoms with van der Waals surface area (Å²) in [6.45, 7) is 0.618. The zero-order valence-electron chi connectivity index (χ0n) is 11.3. The predicted octanol–water partition coefficient (Wildman–Crippen LogP) is 1.42. The minimum absolute atomic E-state index is 0.0691. The number of methoxy groups -OCH3 is 1. The molecule has 0 atom stereocenters. The molecule has 0 bridgehead atoms. The monoisotopic (exact) mass is 346 g/mol. The van der Waals surface area contributed by atoms with Crippen LogP contribution in [0.1, 0.15) is 10.4 Å². The van der Waals surface area contributed by atoms with Gasteiger partial charge in [0.15, 0.2) is 0 Å². The number of hydrogen-bond acceptors (Lipinski definition) is 3. The zero-order valence-corrected chi connectivity index (χ0v) is 12.9. The van der Waals surface area contributed by atoms with E-state index in [1.54, 1.807) is 6.07 Å². The van der Waals surface area contributed by atoms with Crippen molar-refractivity contribution in [3.63, 3.8) is 0 Å². The van der Waals surface area contributed by atoms with E-state index in [1.807, 2.05) is 0 Å². The summed E-state index contributed by atoms with van der Waals surface area (Å²) in [5.41, 5.74) is -0.0691. The second-order valence-electron chi connectivity index (χ2n) is 4.13. The molecule has 1 aromatic carbocycles. The van der Waals surface area contributed by atoms with Crippen LogP contribution >= 0.6 is 15.9 Å². The van der Waals surface area contributed by atoms with Crippen LogP contribution in [0.3, 0.4) is 0 Å². The van der Waals surface area contributed by atoms with Gasteiger partial charge in [0.25, 0.3) is 5.91 Å². The summed E-state index contributed by atoms with van der Waals surface area (Å²) in [6.07, 6.45) is 0. The van der Waals surface area contributed by atoms with Crippen LogP contribution in [0.15, 0.2) is 22.7 Å². The summed E-state index contributed by atoms with van der Waals surface area (Å²) in [5, 5.41) is 2.59. The maximum Gasteiger partial charge on any atom is 0.257 e. The molecule has 1 aromatic rings. The number of hydrogen-bond donors (Lipinski definition) is 1. The number of carbonyl (C=O) groups is 2. The van der Waals surface area contributed by atoms with Crippen LogP contribution in [-0.2, 0) is 9.53 Å². The second-order valence-corrected chi connectivity index (χ2v) is 5.04. The van der Waals surface area contributed by atoms with Crippen LogP contribution in [0.4, 0.5) is 4.39 Å². The molecule has 0 unspecified atom stereocenters. The lowest BCUT2D eigenvalue weighted by atomic mass is 10.2. The van der Waals surface area contributed by atoms with Crippen molar-refractivity contribution in [1.29, 1.82) is 0 Å². The van der Waals surface area contributed by atoms with Crippen molar-refractivity contribution >= 4 is 27.7 Å². The number of nitrogens with zero attached hydrogens (tertiary/aromatic N) is 1. The molecule has 0 saturated heterocycles. The van der Waals surface area contributed by atoms with E-state index in [9.17, 15) is 14.0 Å². The Morgan fingerprint density at radius 2 is 2.15 bits per heavy atom. The summed E-state index contributed by atoms with van der Waals surface area (Å²) in [5.74, 6) is -1.50. The highest BCUT2D eigenvalue weighted by Gasteiger charge is 2.18. The highest BCUT2D eigenvalue weighted by molar-refractivity contribution is 9.10. The number of halogens is 2. The number of carbonyl (C=O) groups excluding carboxylic acids is 2. The number of nitrogens with one attached hydrogen (secondary N) is 1. The van der Waals surface area contributed by atoms with Gasteiger partial charge in [0.2, 0.25) is 5.91 Å². The minimum atomic E-state index is -0.629. The standard InChI is InChI=1S/C13H16BrFN2O3/c1-17(8-12(18)16-5-6-20-2)13(19)10-4-3-9(14)7-11(10)15/h3-4,7H,5-6,8H2,1-2H3,(H,16,18). The summed E-state index contributed by atoms with van der Waals surface area (Å²) >= 11 is 3.12. The Morgan fingerprint density at radius 1 is 1.45 bits per heavy atom. The quantitative estimate of drug-likeness (QED) is 0.792. The van der Waals surface area contributed by atoms with E-state index in [4.69, 9.17) is 4.74 Å². The maximum absolute atomic E-state index is 13.7. The molecule has 0 aliphatic carbocycles. The van der Waals surface area contributed by atoms with Gasteiger partial charge in [-0.1, -0.05) is 15.9 Å². The Kier molecular flexibility index (Phi) is 6.60. The molecule has 1 rings (SSSR count). The maximum atomic E-state index is 13.7. The Hall–Kier alpha value is -1.47. The molecule has 110 valence electrons. The van der Waals surface area contributed by atoms with Crippen LogP contribution < -0.4 is 5.32 Å². The van der Waals surface area contributed by atoms with E-state index in [2.05, 4.69) is 21.2 Å². The Balaban J connectivity index is 2.60. The van der Waals surface area contributed by atoms with Gasteiger partial charge in [-0.2, -0.15) is 0 Å². The fourth-order valence-electron chi connectivity index (χ4n) is 1.50. The first-order valence-electron chi connectivity index (χ1n) is 5.92. The molecular weight excluding hydrogens is 331 g/mol. The lowest BCUT2D eigenvalue weighted by Crippen LogP contribution is -2.39. The topological polar surface area (TPSA) is 58.6 Å². The summed E-state index contributed by atoms with van der Waals surface area (Å²) < 4.78 is 19.0. The van der Waals surface area contributed by atoms with Crippen LogP contribution in [0.5, 0.6) is 0 Å². The molecule has 0 fully saturated rings. The van der Waals surface area contributed by atoms with Gasteiger partial charge in [-0.05, 0) is 18.2 Å². The predicted molar refractivity (Wildman–Crippen MR) is 75.9 cm³/mol. The van der Waals surface area contributed by atoms with Crippen molar-refractivity contribution in [3.05, 3.63) is 34.1 Å². The second kappa shape index (κ2) is 7.96. The molecule has 0 spiro atoms. The SMILES string of the molecule is COCCNC(=O)CN(C)C(=O)c1ccc(Br)cc1F. The molecule has 7 heteroatoms. The number of likely N-dealkylation sites (N-methyl/N-ethyl adjacent to an activating group) is 1. The Labute approximate surface area is 125 Å². The van der Waals surface area contributed by atoms with Crippen molar-refractivity contribution in [2.75, 3.05) is 33.9 Å². The molecule has 1 N–H and O–H groups in total. The van der Waals surface area contributed by atoms with E-state index in [1.165, 1.54) is 26.3 Å². The number of rotatable bonds is 6. The van der Waals surface area contributed by atoms with E-state index < -0.39 is 11.7 Å². The molecule has 20 heavy (non-hydrogen) atoms. The summed E-state index contributed by atoms with van der Waals surface area (Å²) in [6, 6.07) is 4.16. The van der Waals surface area contributed by atoms with Crippen molar-refractivity contribution in [2.45, 2.75) is 0 Å². The van der Waals surface area contributed by atoms with Gasteiger partial charge in [0.05, 0.1) is 18.7 Å². The third-order valence-electron chi connectivity index (χ3n) is 2.52. The first-order valence-corrected chi connectivity index (χ1v) is 6.71. The zero-order chi connectivity index (χ0) is 15.1.